The first kappa shape index (κ1) is 17.0. The fourth-order valence-electron chi connectivity index (χ4n) is 2.92. The Morgan fingerprint density at radius 1 is 1.04 bits per heavy atom. The lowest BCUT2D eigenvalue weighted by Gasteiger charge is -2.09. The molecule has 0 bridgehead atoms. The lowest BCUT2D eigenvalue weighted by molar-refractivity contribution is -0.120. The Morgan fingerprint density at radius 2 is 1.80 bits per heavy atom. The van der Waals surface area contributed by atoms with Gasteiger partial charge in [0.25, 0.3) is 5.56 Å². The third-order valence-electron chi connectivity index (χ3n) is 4.04. The van der Waals surface area contributed by atoms with Gasteiger partial charge in [0.05, 0.1) is 6.42 Å². The van der Waals surface area contributed by atoms with Crippen LogP contribution in [0.3, 0.4) is 0 Å². The number of fused-ring (bicyclic) bond motifs is 1. The summed E-state index contributed by atoms with van der Waals surface area (Å²) in [5.74, 6) is 0.00304. The van der Waals surface area contributed by atoms with Crippen LogP contribution in [-0.2, 0) is 17.6 Å². The third-order valence-corrected chi connectivity index (χ3v) is 4.04. The highest BCUT2D eigenvalue weighted by Gasteiger charge is 2.08. The quantitative estimate of drug-likeness (QED) is 0.753. The van der Waals surface area contributed by atoms with E-state index in [1.165, 1.54) is 0 Å². The third kappa shape index (κ3) is 4.35. The SMILES string of the molecule is CC(C)NC(=O)Cc1ccc2[nH]c(=O)c(Cc3ccccc3)cc2c1. The van der Waals surface area contributed by atoms with Gasteiger partial charge in [-0.05, 0) is 48.6 Å². The van der Waals surface area contributed by atoms with Crippen LogP contribution >= 0.6 is 0 Å². The molecule has 1 heterocycles. The zero-order valence-corrected chi connectivity index (χ0v) is 14.5. The van der Waals surface area contributed by atoms with E-state index in [-0.39, 0.29) is 17.5 Å². The molecule has 0 radical (unpaired) electrons. The van der Waals surface area contributed by atoms with Crippen LogP contribution in [0.4, 0.5) is 0 Å². The molecule has 2 N–H and O–H groups in total. The van der Waals surface area contributed by atoms with Crippen molar-refractivity contribution in [3.05, 3.63) is 81.6 Å². The van der Waals surface area contributed by atoms with E-state index in [1.807, 2.05) is 68.4 Å². The van der Waals surface area contributed by atoms with Crippen LogP contribution in [0.2, 0.25) is 0 Å². The van der Waals surface area contributed by atoms with Crippen molar-refractivity contribution >= 4 is 16.8 Å². The lowest BCUT2D eigenvalue weighted by atomic mass is 10.0. The Bertz CT molecular complexity index is 943. The van der Waals surface area contributed by atoms with E-state index in [9.17, 15) is 9.59 Å². The molecule has 128 valence electrons. The van der Waals surface area contributed by atoms with E-state index in [1.54, 1.807) is 0 Å². The molecule has 1 aromatic heterocycles. The highest BCUT2D eigenvalue weighted by molar-refractivity contribution is 5.83. The van der Waals surface area contributed by atoms with E-state index in [4.69, 9.17) is 0 Å². The summed E-state index contributed by atoms with van der Waals surface area (Å²) in [7, 11) is 0. The molecule has 3 aromatic rings. The van der Waals surface area contributed by atoms with Crippen molar-refractivity contribution in [3.8, 4) is 0 Å². The van der Waals surface area contributed by atoms with Gasteiger partial charge >= 0.3 is 0 Å². The largest absolute Gasteiger partial charge is 0.354 e. The number of carbonyl (C=O) groups excluding carboxylic acids is 1. The van der Waals surface area contributed by atoms with Crippen molar-refractivity contribution < 1.29 is 4.79 Å². The molecule has 4 heteroatoms. The minimum atomic E-state index is -0.0679. The molecule has 0 fully saturated rings. The van der Waals surface area contributed by atoms with Crippen LogP contribution < -0.4 is 10.9 Å². The van der Waals surface area contributed by atoms with Crippen LogP contribution in [0, 0.1) is 0 Å². The maximum absolute atomic E-state index is 12.3. The summed E-state index contributed by atoms with van der Waals surface area (Å²) in [5, 5.41) is 3.84. The van der Waals surface area contributed by atoms with Gasteiger partial charge < -0.3 is 10.3 Å². The molecule has 3 rings (SSSR count). The Morgan fingerprint density at radius 3 is 2.52 bits per heavy atom. The number of amides is 1. The summed E-state index contributed by atoms with van der Waals surface area (Å²) in [6.07, 6.45) is 0.922. The van der Waals surface area contributed by atoms with Gasteiger partial charge in [0, 0.05) is 23.5 Å². The maximum Gasteiger partial charge on any atom is 0.251 e. The van der Waals surface area contributed by atoms with Crippen LogP contribution in [0.25, 0.3) is 10.9 Å². The van der Waals surface area contributed by atoms with E-state index < -0.39 is 0 Å². The van der Waals surface area contributed by atoms with Crippen molar-refractivity contribution in [3.63, 3.8) is 0 Å². The van der Waals surface area contributed by atoms with Gasteiger partial charge in [-0.15, -0.1) is 0 Å². The molecule has 0 unspecified atom stereocenters. The van der Waals surface area contributed by atoms with Gasteiger partial charge in [-0.3, -0.25) is 9.59 Å². The molecule has 0 aliphatic carbocycles. The van der Waals surface area contributed by atoms with Gasteiger partial charge in [0.2, 0.25) is 5.91 Å². The Hall–Kier alpha value is -2.88. The van der Waals surface area contributed by atoms with Crippen molar-refractivity contribution in [1.82, 2.24) is 10.3 Å². The monoisotopic (exact) mass is 334 g/mol. The number of carbonyl (C=O) groups is 1. The zero-order valence-electron chi connectivity index (χ0n) is 14.5. The number of rotatable bonds is 5. The maximum atomic E-state index is 12.3. The van der Waals surface area contributed by atoms with E-state index in [0.717, 1.165) is 27.6 Å². The number of hydrogen-bond acceptors (Lipinski definition) is 2. The number of nitrogens with one attached hydrogen (secondary N) is 2. The summed E-state index contributed by atoms with van der Waals surface area (Å²) in [6.45, 7) is 3.89. The average molecular weight is 334 g/mol. The number of aromatic amines is 1. The second-order valence-electron chi connectivity index (χ2n) is 6.61. The Balaban J connectivity index is 1.89. The number of aromatic nitrogens is 1. The van der Waals surface area contributed by atoms with Crippen molar-refractivity contribution in [2.24, 2.45) is 0 Å². The molecular weight excluding hydrogens is 312 g/mol. The first-order valence-electron chi connectivity index (χ1n) is 8.49. The van der Waals surface area contributed by atoms with Gasteiger partial charge in [0.1, 0.15) is 0 Å². The molecule has 25 heavy (non-hydrogen) atoms. The predicted molar refractivity (Wildman–Crippen MR) is 101 cm³/mol. The molecule has 0 saturated heterocycles. The van der Waals surface area contributed by atoms with Crippen molar-refractivity contribution in [2.75, 3.05) is 0 Å². The van der Waals surface area contributed by atoms with E-state index in [0.29, 0.717) is 12.8 Å². The number of benzene rings is 2. The van der Waals surface area contributed by atoms with Crippen LogP contribution in [-0.4, -0.2) is 16.9 Å². The van der Waals surface area contributed by atoms with Crippen LogP contribution in [0.5, 0.6) is 0 Å². The second kappa shape index (κ2) is 7.34. The molecule has 0 aliphatic heterocycles. The topological polar surface area (TPSA) is 62.0 Å². The second-order valence-corrected chi connectivity index (χ2v) is 6.61. The van der Waals surface area contributed by atoms with Gasteiger partial charge in [-0.2, -0.15) is 0 Å². The van der Waals surface area contributed by atoms with E-state index in [2.05, 4.69) is 10.3 Å². The average Bonchev–Trinajstić information content (AvgIpc) is 2.56. The minimum absolute atomic E-state index is 0.00304. The highest BCUT2D eigenvalue weighted by atomic mass is 16.1. The standard InChI is InChI=1S/C21H22N2O2/c1-14(2)22-20(24)12-16-8-9-19-17(11-16)13-18(21(25)23-19)10-15-6-4-3-5-7-15/h3-9,11,13-14H,10,12H2,1-2H3,(H,22,24)(H,23,25). The number of H-pyrrole nitrogens is 1. The predicted octanol–water partition coefficient (Wildman–Crippen LogP) is 3.19. The Kier molecular flexibility index (Phi) is 4.98. The molecule has 0 saturated carbocycles. The Labute approximate surface area is 146 Å². The van der Waals surface area contributed by atoms with Crippen molar-refractivity contribution in [1.29, 1.82) is 0 Å². The smallest absolute Gasteiger partial charge is 0.251 e. The minimum Gasteiger partial charge on any atom is -0.354 e. The van der Waals surface area contributed by atoms with E-state index >= 15 is 0 Å². The van der Waals surface area contributed by atoms with Gasteiger partial charge in [-0.25, -0.2) is 0 Å². The molecule has 0 aliphatic rings. The summed E-state index contributed by atoms with van der Waals surface area (Å²) in [6, 6.07) is 17.7. The highest BCUT2D eigenvalue weighted by Crippen LogP contribution is 2.16. The number of hydrogen-bond donors (Lipinski definition) is 2. The van der Waals surface area contributed by atoms with Gasteiger partial charge in [-0.1, -0.05) is 36.4 Å². The molecular formula is C21H22N2O2. The lowest BCUT2D eigenvalue weighted by Crippen LogP contribution is -2.31. The molecule has 2 aromatic carbocycles. The van der Waals surface area contributed by atoms with Gasteiger partial charge in [0.15, 0.2) is 0 Å². The zero-order chi connectivity index (χ0) is 17.8. The first-order chi connectivity index (χ1) is 12.0. The van der Waals surface area contributed by atoms with Crippen LogP contribution in [0.15, 0.2) is 59.4 Å². The molecule has 0 spiro atoms. The summed E-state index contributed by atoms with van der Waals surface area (Å²) >= 11 is 0. The van der Waals surface area contributed by atoms with Crippen molar-refractivity contribution in [2.45, 2.75) is 32.7 Å². The molecule has 0 atom stereocenters. The first-order valence-corrected chi connectivity index (χ1v) is 8.49. The summed E-state index contributed by atoms with van der Waals surface area (Å²) in [4.78, 5) is 27.2. The summed E-state index contributed by atoms with van der Waals surface area (Å²) < 4.78 is 0. The fourth-order valence-corrected chi connectivity index (χ4v) is 2.92. The molecule has 4 nitrogen and oxygen atoms in total. The van der Waals surface area contributed by atoms with Crippen LogP contribution in [0.1, 0.15) is 30.5 Å². The number of pyridine rings is 1. The normalized spacial score (nSPS) is 11.0. The fraction of sp³-hybridized carbons (Fsp3) is 0.238. The summed E-state index contributed by atoms with van der Waals surface area (Å²) in [5.41, 5.74) is 3.47. The molecule has 1 amide bonds.